The molecule has 7 nitrogen and oxygen atoms in total. The Morgan fingerprint density at radius 2 is 1.86 bits per heavy atom. The Kier molecular flexibility index (Phi) is 4.71. The molecule has 2 heterocycles. The molecule has 1 atom stereocenters. The van der Waals surface area contributed by atoms with E-state index in [0.29, 0.717) is 18.7 Å². The smallest absolute Gasteiger partial charge is 0.407 e. The summed E-state index contributed by atoms with van der Waals surface area (Å²) in [5.41, 5.74) is -0.357. The molecule has 7 heteroatoms. The van der Waals surface area contributed by atoms with Gasteiger partial charge < -0.3 is 15.1 Å². The van der Waals surface area contributed by atoms with Crippen molar-refractivity contribution < 1.29 is 15.0 Å². The second kappa shape index (κ2) is 7.05. The number of aliphatic hydroxyl groups is 1. The highest BCUT2D eigenvalue weighted by Gasteiger charge is 2.55. The van der Waals surface area contributed by atoms with Gasteiger partial charge >= 0.3 is 6.09 Å². The number of carboxylic acid groups (broad SMARTS) is 1. The summed E-state index contributed by atoms with van der Waals surface area (Å²) in [4.78, 5) is 30.0. The van der Waals surface area contributed by atoms with Crippen LogP contribution in [0.5, 0.6) is 0 Å². The average molecular weight is 383 g/mol. The predicted octanol–water partition coefficient (Wildman–Crippen LogP) is 2.59. The third-order valence-corrected chi connectivity index (χ3v) is 6.49. The summed E-state index contributed by atoms with van der Waals surface area (Å²) in [6.45, 7) is 0.738. The van der Waals surface area contributed by atoms with Crippen molar-refractivity contribution in [2.24, 2.45) is 5.41 Å². The van der Waals surface area contributed by atoms with E-state index in [1.807, 2.05) is 30.3 Å². The first-order valence-corrected chi connectivity index (χ1v) is 9.75. The van der Waals surface area contributed by atoms with Crippen molar-refractivity contribution >= 4 is 6.09 Å². The number of likely N-dealkylation sites (tertiary alicyclic amines) is 1. The van der Waals surface area contributed by atoms with E-state index in [-0.39, 0.29) is 18.6 Å². The Morgan fingerprint density at radius 3 is 2.50 bits per heavy atom. The summed E-state index contributed by atoms with van der Waals surface area (Å²) in [5, 5.41) is 21.0. The summed E-state index contributed by atoms with van der Waals surface area (Å²) >= 11 is 0. The van der Waals surface area contributed by atoms with Gasteiger partial charge in [-0.25, -0.2) is 9.78 Å². The van der Waals surface area contributed by atoms with Crippen molar-refractivity contribution in [2.45, 2.75) is 44.2 Å². The van der Waals surface area contributed by atoms with Crippen molar-refractivity contribution in [2.75, 3.05) is 13.1 Å². The quantitative estimate of drug-likeness (QED) is 0.849. The van der Waals surface area contributed by atoms with Crippen molar-refractivity contribution in [3.63, 3.8) is 0 Å². The fourth-order valence-corrected chi connectivity index (χ4v) is 4.86. The van der Waals surface area contributed by atoms with Crippen LogP contribution in [-0.2, 0) is 6.54 Å². The van der Waals surface area contributed by atoms with Crippen LogP contribution in [0.1, 0.15) is 32.1 Å². The van der Waals surface area contributed by atoms with Crippen LogP contribution in [0.3, 0.4) is 0 Å². The maximum atomic E-state index is 12.7. The van der Waals surface area contributed by atoms with Crippen LogP contribution in [0.2, 0.25) is 0 Å². The number of rotatable bonds is 3. The molecule has 1 aliphatic carbocycles. The molecule has 2 N–H and O–H groups in total. The number of amides is 1. The van der Waals surface area contributed by atoms with E-state index >= 15 is 0 Å². The van der Waals surface area contributed by atoms with Gasteiger partial charge in [0.25, 0.3) is 5.56 Å². The predicted molar refractivity (Wildman–Crippen MR) is 104 cm³/mol. The molecule has 28 heavy (non-hydrogen) atoms. The molecule has 1 saturated carbocycles. The van der Waals surface area contributed by atoms with Gasteiger partial charge in [0.05, 0.1) is 24.2 Å². The molecule has 1 aromatic heterocycles. The lowest BCUT2D eigenvalue weighted by molar-refractivity contribution is -0.137. The molecule has 1 aliphatic heterocycles. The molecular formula is C21H25N3O4. The summed E-state index contributed by atoms with van der Waals surface area (Å²) in [6, 6.07) is 11.0. The highest BCUT2D eigenvalue weighted by atomic mass is 16.4. The summed E-state index contributed by atoms with van der Waals surface area (Å²) in [7, 11) is 0. The number of carbonyl (C=O) groups is 1. The number of piperidine rings is 1. The Morgan fingerprint density at radius 1 is 1.14 bits per heavy atom. The molecule has 1 spiro atoms. The minimum absolute atomic E-state index is 0.140. The normalized spacial score (nSPS) is 23.8. The van der Waals surface area contributed by atoms with E-state index in [2.05, 4.69) is 4.98 Å². The van der Waals surface area contributed by atoms with Gasteiger partial charge in [-0.15, -0.1) is 0 Å². The third kappa shape index (κ3) is 3.20. The Hall–Kier alpha value is -2.67. The first-order chi connectivity index (χ1) is 13.4. The number of hydrogen-bond donors (Lipinski definition) is 2. The zero-order valence-corrected chi connectivity index (χ0v) is 15.8. The van der Waals surface area contributed by atoms with Crippen LogP contribution in [0.4, 0.5) is 4.79 Å². The van der Waals surface area contributed by atoms with Crippen molar-refractivity contribution in [3.05, 3.63) is 53.1 Å². The zero-order valence-electron chi connectivity index (χ0n) is 15.8. The molecular weight excluding hydrogens is 358 g/mol. The fourth-order valence-electron chi connectivity index (χ4n) is 4.86. The van der Waals surface area contributed by atoms with Crippen LogP contribution >= 0.6 is 0 Å². The summed E-state index contributed by atoms with van der Waals surface area (Å²) < 4.78 is 1.46. The fraction of sp³-hybridized carbons (Fsp3) is 0.476. The zero-order chi connectivity index (χ0) is 19.8. The van der Waals surface area contributed by atoms with E-state index in [0.717, 1.165) is 31.2 Å². The van der Waals surface area contributed by atoms with Gasteiger partial charge in [-0.05, 0) is 19.3 Å². The lowest BCUT2D eigenvalue weighted by Gasteiger charge is -2.51. The van der Waals surface area contributed by atoms with E-state index in [4.69, 9.17) is 0 Å². The highest BCUT2D eigenvalue weighted by molar-refractivity contribution is 5.65. The van der Waals surface area contributed by atoms with Gasteiger partial charge in [0.2, 0.25) is 0 Å². The summed E-state index contributed by atoms with van der Waals surface area (Å²) in [6.07, 6.45) is 4.36. The van der Waals surface area contributed by atoms with Gasteiger partial charge in [0, 0.05) is 30.1 Å². The molecule has 148 valence electrons. The molecule has 0 radical (unpaired) electrons. The second-order valence-electron chi connectivity index (χ2n) is 8.08. The van der Waals surface area contributed by atoms with E-state index in [9.17, 15) is 19.8 Å². The van der Waals surface area contributed by atoms with Crippen LogP contribution in [0, 0.1) is 5.41 Å². The number of hydrogen-bond acceptors (Lipinski definition) is 4. The van der Waals surface area contributed by atoms with Gasteiger partial charge in [-0.3, -0.25) is 9.36 Å². The van der Waals surface area contributed by atoms with Crippen LogP contribution in [0.15, 0.2) is 47.5 Å². The van der Waals surface area contributed by atoms with Crippen LogP contribution < -0.4 is 5.56 Å². The minimum atomic E-state index is -1.12. The molecule has 2 aromatic rings. The molecule has 4 rings (SSSR count). The van der Waals surface area contributed by atoms with Crippen molar-refractivity contribution in [1.29, 1.82) is 0 Å². The molecule has 2 aliphatic rings. The maximum Gasteiger partial charge on any atom is 0.407 e. The van der Waals surface area contributed by atoms with E-state index in [1.165, 1.54) is 21.9 Å². The Labute approximate surface area is 163 Å². The van der Waals surface area contributed by atoms with E-state index in [1.54, 1.807) is 0 Å². The number of aromatic nitrogens is 2. The van der Waals surface area contributed by atoms with Gasteiger partial charge in [0.15, 0.2) is 0 Å². The lowest BCUT2D eigenvalue weighted by atomic mass is 9.66. The van der Waals surface area contributed by atoms with Crippen molar-refractivity contribution in [3.8, 4) is 11.3 Å². The van der Waals surface area contributed by atoms with Crippen LogP contribution in [0.25, 0.3) is 11.3 Å². The third-order valence-electron chi connectivity index (χ3n) is 6.49. The SMILES string of the molecule is O=C(O)N1CCC(O)(Cn2cnc(-c3ccccc3)cc2=O)C2(CCCC2)C1. The monoisotopic (exact) mass is 383 g/mol. The number of benzene rings is 1. The Balaban J connectivity index is 1.62. The van der Waals surface area contributed by atoms with Gasteiger partial charge in [-0.2, -0.15) is 0 Å². The second-order valence-corrected chi connectivity index (χ2v) is 8.08. The van der Waals surface area contributed by atoms with Crippen molar-refractivity contribution in [1.82, 2.24) is 14.5 Å². The lowest BCUT2D eigenvalue weighted by Crippen LogP contribution is -2.62. The number of nitrogens with zero attached hydrogens (tertiary/aromatic N) is 3. The first kappa shape index (κ1) is 18.7. The topological polar surface area (TPSA) is 95.7 Å². The molecule has 2 fully saturated rings. The Bertz CT molecular complexity index is 921. The minimum Gasteiger partial charge on any atom is -0.465 e. The van der Waals surface area contributed by atoms with E-state index < -0.39 is 17.1 Å². The summed E-state index contributed by atoms with van der Waals surface area (Å²) in [5.74, 6) is 0. The van der Waals surface area contributed by atoms with Gasteiger partial charge in [0.1, 0.15) is 0 Å². The molecule has 1 aromatic carbocycles. The van der Waals surface area contributed by atoms with Crippen LogP contribution in [-0.4, -0.2) is 49.4 Å². The first-order valence-electron chi connectivity index (χ1n) is 9.75. The molecule has 1 unspecified atom stereocenters. The maximum absolute atomic E-state index is 12.7. The molecule has 0 bridgehead atoms. The molecule has 1 saturated heterocycles. The standard InChI is InChI=1S/C21H25N3O4/c25-18-12-17(16-6-2-1-3-7-16)22-15-24(18)14-21(28)10-11-23(19(26)27)13-20(21)8-4-5-9-20/h1-3,6-7,12,15,28H,4-5,8-11,13-14H2,(H,26,27). The average Bonchev–Trinajstić information content (AvgIpc) is 3.16. The molecule has 1 amide bonds. The highest BCUT2D eigenvalue weighted by Crippen LogP contribution is 2.51. The largest absolute Gasteiger partial charge is 0.465 e. The van der Waals surface area contributed by atoms with Gasteiger partial charge in [-0.1, -0.05) is 43.2 Å².